The zero-order chi connectivity index (χ0) is 11.6. The molecule has 1 atom stereocenters. The summed E-state index contributed by atoms with van der Waals surface area (Å²) in [5.41, 5.74) is 1.37. The topological polar surface area (TPSA) is 12.0 Å². The van der Waals surface area contributed by atoms with E-state index in [0.717, 1.165) is 11.1 Å². The van der Waals surface area contributed by atoms with Gasteiger partial charge in [0.2, 0.25) is 0 Å². The fourth-order valence-corrected chi connectivity index (χ4v) is 1.76. The molecular weight excluding hydrogens is 196 g/mol. The Balaban J connectivity index is 3.24. The van der Waals surface area contributed by atoms with Crippen LogP contribution >= 0.6 is 0 Å². The summed E-state index contributed by atoms with van der Waals surface area (Å²) in [5, 5.41) is 2.70. The number of halogens is 2. The lowest BCUT2D eigenvalue weighted by Crippen LogP contribution is -2.44. The standard InChI is InChI=1S/C12H17F2N/c1-8-5-6-10(9(2)7-8)12(3,15-4)11(13)14/h5-7,11,15H,1-4H3. The molecule has 0 aliphatic carbocycles. The largest absolute Gasteiger partial charge is 0.306 e. The molecule has 0 saturated carbocycles. The van der Waals surface area contributed by atoms with Gasteiger partial charge in [-0.2, -0.15) is 0 Å². The molecule has 0 fully saturated rings. The molecule has 0 aliphatic rings. The highest BCUT2D eigenvalue weighted by molar-refractivity contribution is 5.36. The van der Waals surface area contributed by atoms with Crippen LogP contribution in [0.2, 0.25) is 0 Å². The lowest BCUT2D eigenvalue weighted by Gasteiger charge is -2.30. The van der Waals surface area contributed by atoms with Crippen LogP contribution in [0, 0.1) is 13.8 Å². The van der Waals surface area contributed by atoms with E-state index in [-0.39, 0.29) is 0 Å². The van der Waals surface area contributed by atoms with E-state index in [1.807, 2.05) is 26.0 Å². The van der Waals surface area contributed by atoms with Gasteiger partial charge in [-0.25, -0.2) is 8.78 Å². The predicted molar refractivity (Wildman–Crippen MR) is 58.3 cm³/mol. The normalized spacial score (nSPS) is 15.4. The summed E-state index contributed by atoms with van der Waals surface area (Å²) in [6.45, 7) is 5.34. The molecule has 0 radical (unpaired) electrons. The first-order valence-electron chi connectivity index (χ1n) is 4.96. The summed E-state index contributed by atoms with van der Waals surface area (Å²) in [6, 6.07) is 5.56. The van der Waals surface area contributed by atoms with Crippen molar-refractivity contribution >= 4 is 0 Å². The minimum atomic E-state index is -2.43. The van der Waals surface area contributed by atoms with Crippen molar-refractivity contribution in [1.29, 1.82) is 0 Å². The van der Waals surface area contributed by atoms with E-state index in [1.165, 1.54) is 6.92 Å². The highest BCUT2D eigenvalue weighted by atomic mass is 19.3. The van der Waals surface area contributed by atoms with E-state index in [4.69, 9.17) is 0 Å². The molecule has 1 aromatic carbocycles. The SMILES string of the molecule is CNC(C)(c1ccc(C)cc1C)C(F)F. The second kappa shape index (κ2) is 4.27. The molecule has 15 heavy (non-hydrogen) atoms. The van der Waals surface area contributed by atoms with Gasteiger partial charge in [-0.05, 0) is 38.9 Å². The van der Waals surface area contributed by atoms with Gasteiger partial charge >= 0.3 is 0 Å². The van der Waals surface area contributed by atoms with Crippen molar-refractivity contribution in [1.82, 2.24) is 5.32 Å². The summed E-state index contributed by atoms with van der Waals surface area (Å²) in [7, 11) is 1.56. The molecule has 0 heterocycles. The number of nitrogens with one attached hydrogen (secondary N) is 1. The van der Waals surface area contributed by atoms with Crippen LogP contribution in [-0.4, -0.2) is 13.5 Å². The van der Waals surface area contributed by atoms with Crippen molar-refractivity contribution in [2.45, 2.75) is 32.7 Å². The average molecular weight is 213 g/mol. The third kappa shape index (κ3) is 2.17. The lowest BCUT2D eigenvalue weighted by molar-refractivity contribution is 0.0428. The van der Waals surface area contributed by atoms with Gasteiger partial charge in [-0.1, -0.05) is 23.8 Å². The highest BCUT2D eigenvalue weighted by Crippen LogP contribution is 2.30. The molecule has 0 amide bonds. The molecule has 1 aromatic rings. The zero-order valence-corrected chi connectivity index (χ0v) is 9.57. The summed E-state index contributed by atoms with van der Waals surface area (Å²) in [4.78, 5) is 0. The molecule has 84 valence electrons. The summed E-state index contributed by atoms with van der Waals surface area (Å²) < 4.78 is 26.0. The van der Waals surface area contributed by atoms with Crippen molar-refractivity contribution in [2.24, 2.45) is 0 Å². The molecule has 0 bridgehead atoms. The van der Waals surface area contributed by atoms with Gasteiger partial charge in [-0.15, -0.1) is 0 Å². The fourth-order valence-electron chi connectivity index (χ4n) is 1.76. The second-order valence-electron chi connectivity index (χ2n) is 4.07. The van der Waals surface area contributed by atoms with E-state index < -0.39 is 12.0 Å². The van der Waals surface area contributed by atoms with E-state index in [0.29, 0.717) is 5.56 Å². The van der Waals surface area contributed by atoms with E-state index >= 15 is 0 Å². The van der Waals surface area contributed by atoms with Gasteiger partial charge < -0.3 is 5.32 Å². The van der Waals surface area contributed by atoms with Gasteiger partial charge in [0.15, 0.2) is 0 Å². The highest BCUT2D eigenvalue weighted by Gasteiger charge is 2.36. The van der Waals surface area contributed by atoms with Gasteiger partial charge in [0.1, 0.15) is 5.54 Å². The van der Waals surface area contributed by atoms with Gasteiger partial charge in [0.05, 0.1) is 0 Å². The summed E-state index contributed by atoms with van der Waals surface area (Å²) >= 11 is 0. The minimum absolute atomic E-state index is 0.658. The first-order chi connectivity index (χ1) is 6.91. The number of aryl methyl sites for hydroxylation is 2. The summed E-state index contributed by atoms with van der Waals surface area (Å²) in [5.74, 6) is 0. The fraction of sp³-hybridized carbons (Fsp3) is 0.500. The Hall–Kier alpha value is -0.960. The Morgan fingerprint density at radius 3 is 2.27 bits per heavy atom. The number of hydrogen-bond acceptors (Lipinski definition) is 1. The van der Waals surface area contributed by atoms with E-state index in [1.54, 1.807) is 13.1 Å². The van der Waals surface area contributed by atoms with Crippen molar-refractivity contribution in [2.75, 3.05) is 7.05 Å². The van der Waals surface area contributed by atoms with E-state index in [9.17, 15) is 8.78 Å². The Morgan fingerprint density at radius 2 is 1.87 bits per heavy atom. The molecule has 1 nitrogen and oxygen atoms in total. The zero-order valence-electron chi connectivity index (χ0n) is 9.57. The maximum absolute atomic E-state index is 13.0. The number of benzene rings is 1. The molecule has 0 aliphatic heterocycles. The van der Waals surface area contributed by atoms with Gasteiger partial charge in [0, 0.05) is 0 Å². The Bertz CT molecular complexity index is 349. The first-order valence-corrected chi connectivity index (χ1v) is 4.96. The number of alkyl halides is 2. The number of rotatable bonds is 3. The van der Waals surface area contributed by atoms with Crippen molar-refractivity contribution in [3.63, 3.8) is 0 Å². The smallest absolute Gasteiger partial charge is 0.260 e. The maximum Gasteiger partial charge on any atom is 0.260 e. The Kier molecular flexibility index (Phi) is 3.45. The Labute approximate surface area is 89.5 Å². The predicted octanol–water partition coefficient (Wildman–Crippen LogP) is 3.00. The molecule has 1 unspecified atom stereocenters. The molecule has 3 heteroatoms. The maximum atomic E-state index is 13.0. The van der Waals surface area contributed by atoms with Crippen molar-refractivity contribution in [3.05, 3.63) is 34.9 Å². The van der Waals surface area contributed by atoms with Gasteiger partial charge in [-0.3, -0.25) is 0 Å². The molecule has 0 saturated heterocycles. The third-order valence-corrected chi connectivity index (χ3v) is 2.90. The van der Waals surface area contributed by atoms with Crippen LogP contribution in [-0.2, 0) is 5.54 Å². The third-order valence-electron chi connectivity index (χ3n) is 2.90. The van der Waals surface area contributed by atoms with Crippen molar-refractivity contribution < 1.29 is 8.78 Å². The average Bonchev–Trinajstić information content (AvgIpc) is 2.16. The van der Waals surface area contributed by atoms with Crippen LogP contribution < -0.4 is 5.32 Å². The lowest BCUT2D eigenvalue weighted by atomic mass is 9.88. The minimum Gasteiger partial charge on any atom is -0.306 e. The van der Waals surface area contributed by atoms with Crippen LogP contribution in [0.3, 0.4) is 0 Å². The quantitative estimate of drug-likeness (QED) is 0.813. The molecular formula is C12H17F2N. The molecule has 1 N–H and O–H groups in total. The first kappa shape index (κ1) is 12.1. The van der Waals surface area contributed by atoms with E-state index in [2.05, 4.69) is 5.32 Å². The summed E-state index contributed by atoms with van der Waals surface area (Å²) in [6.07, 6.45) is -2.43. The van der Waals surface area contributed by atoms with Gasteiger partial charge in [0.25, 0.3) is 6.43 Å². The Morgan fingerprint density at radius 1 is 1.27 bits per heavy atom. The van der Waals surface area contributed by atoms with Crippen LogP contribution in [0.15, 0.2) is 18.2 Å². The monoisotopic (exact) mass is 213 g/mol. The van der Waals surface area contributed by atoms with Crippen LogP contribution in [0.5, 0.6) is 0 Å². The van der Waals surface area contributed by atoms with Crippen LogP contribution in [0.4, 0.5) is 8.78 Å². The second-order valence-corrected chi connectivity index (χ2v) is 4.07. The van der Waals surface area contributed by atoms with Crippen LogP contribution in [0.25, 0.3) is 0 Å². The van der Waals surface area contributed by atoms with Crippen molar-refractivity contribution in [3.8, 4) is 0 Å². The molecule has 1 rings (SSSR count). The molecule has 0 aromatic heterocycles. The number of hydrogen-bond donors (Lipinski definition) is 1. The molecule has 0 spiro atoms. The van der Waals surface area contributed by atoms with Crippen LogP contribution in [0.1, 0.15) is 23.6 Å².